The Morgan fingerprint density at radius 1 is 1.03 bits per heavy atom. The second-order valence-corrected chi connectivity index (χ2v) is 7.07. The van der Waals surface area contributed by atoms with E-state index in [0.29, 0.717) is 26.9 Å². The Morgan fingerprint density at radius 3 is 2.45 bits per heavy atom. The van der Waals surface area contributed by atoms with Crippen LogP contribution in [0.5, 0.6) is 5.75 Å². The third-order valence-electron chi connectivity index (χ3n) is 4.05. The summed E-state index contributed by atoms with van der Waals surface area (Å²) in [6.07, 6.45) is 0. The van der Waals surface area contributed by atoms with Crippen LogP contribution in [-0.2, 0) is 11.4 Å². The van der Waals surface area contributed by atoms with Gasteiger partial charge in [-0.05, 0) is 48.0 Å². The van der Waals surface area contributed by atoms with Gasteiger partial charge in [-0.2, -0.15) is 0 Å². The highest BCUT2D eigenvalue weighted by Crippen LogP contribution is 2.28. The molecule has 0 aliphatic rings. The van der Waals surface area contributed by atoms with Crippen LogP contribution in [-0.4, -0.2) is 16.7 Å². The number of carbonyl (C=O) groups excluding carboxylic acids is 1. The fourth-order valence-corrected chi connectivity index (χ4v) is 2.95. The molecule has 0 aliphatic carbocycles. The smallest absolute Gasteiger partial charge is 0.365 e. The molecule has 0 heterocycles. The average molecular weight is 460 g/mol. The summed E-state index contributed by atoms with van der Waals surface area (Å²) in [5, 5.41) is 15.2. The van der Waals surface area contributed by atoms with Crippen molar-refractivity contribution < 1.29 is 19.3 Å². The summed E-state index contributed by atoms with van der Waals surface area (Å²) in [7, 11) is 0. The molecule has 0 aromatic heterocycles. The number of hydrogen-bond donors (Lipinski definition) is 1. The van der Waals surface area contributed by atoms with Crippen molar-refractivity contribution in [3.63, 3.8) is 0 Å². The number of nitrogens with two attached hydrogens (primary N) is 1. The van der Waals surface area contributed by atoms with Crippen LogP contribution in [0.4, 0.5) is 5.69 Å². The molecule has 3 aromatic carbocycles. The molecule has 0 saturated carbocycles. The topological polar surface area (TPSA) is 117 Å². The summed E-state index contributed by atoms with van der Waals surface area (Å²) in [6, 6.07) is 16.8. The number of nitrogens with zero attached hydrogens (tertiary/aromatic N) is 2. The van der Waals surface area contributed by atoms with Gasteiger partial charge in [0.25, 0.3) is 5.69 Å². The number of amidine groups is 1. The van der Waals surface area contributed by atoms with Gasteiger partial charge in [0.05, 0.1) is 15.5 Å². The number of oxime groups is 1. The Bertz CT molecular complexity index is 1150. The van der Waals surface area contributed by atoms with Crippen LogP contribution in [0.25, 0.3) is 0 Å². The van der Waals surface area contributed by atoms with E-state index in [-0.39, 0.29) is 23.7 Å². The molecule has 2 N–H and O–H groups in total. The molecular weight excluding hydrogens is 445 g/mol. The molecule has 10 heteroatoms. The van der Waals surface area contributed by atoms with Crippen LogP contribution >= 0.6 is 23.2 Å². The summed E-state index contributed by atoms with van der Waals surface area (Å²) in [6.45, 7) is 0.163. The number of halogens is 2. The Labute approximate surface area is 186 Å². The molecule has 8 nitrogen and oxygen atoms in total. The van der Waals surface area contributed by atoms with E-state index in [2.05, 4.69) is 5.16 Å². The summed E-state index contributed by atoms with van der Waals surface area (Å²) in [5.41, 5.74) is 7.00. The van der Waals surface area contributed by atoms with Crippen molar-refractivity contribution in [2.75, 3.05) is 0 Å². The standard InChI is InChI=1S/C21H15Cl2N3O5/c22-16-6-9-19(18(23)11-16)30-12-13-2-1-3-15(10-13)21(27)31-25-20(24)14-4-7-17(8-5-14)26(28)29/h1-11H,12H2,(H2,24,25). The van der Waals surface area contributed by atoms with Gasteiger partial charge in [0.15, 0.2) is 5.84 Å². The predicted octanol–water partition coefficient (Wildman–Crippen LogP) is 4.96. The SMILES string of the molecule is N/C(=N\OC(=O)c1cccc(COc2ccc(Cl)cc2Cl)c1)c1ccc([N+](=O)[O-])cc1. The van der Waals surface area contributed by atoms with E-state index in [1.54, 1.807) is 42.5 Å². The average Bonchev–Trinajstić information content (AvgIpc) is 2.77. The molecule has 0 amide bonds. The van der Waals surface area contributed by atoms with Crippen molar-refractivity contribution in [1.82, 2.24) is 0 Å². The molecule has 0 unspecified atom stereocenters. The van der Waals surface area contributed by atoms with Crippen LogP contribution in [0.3, 0.4) is 0 Å². The number of carbonyl (C=O) groups is 1. The number of rotatable bonds is 7. The molecule has 0 atom stereocenters. The molecule has 0 radical (unpaired) electrons. The third-order valence-corrected chi connectivity index (χ3v) is 4.58. The minimum absolute atomic E-state index is 0.0903. The first kappa shape index (κ1) is 22.1. The highest BCUT2D eigenvalue weighted by atomic mass is 35.5. The first-order valence-corrected chi connectivity index (χ1v) is 9.55. The molecule has 3 rings (SSSR count). The number of benzene rings is 3. The van der Waals surface area contributed by atoms with Gasteiger partial charge in [0.1, 0.15) is 12.4 Å². The van der Waals surface area contributed by atoms with Crippen molar-refractivity contribution in [2.45, 2.75) is 6.61 Å². The van der Waals surface area contributed by atoms with E-state index < -0.39 is 10.9 Å². The largest absolute Gasteiger partial charge is 0.487 e. The molecule has 31 heavy (non-hydrogen) atoms. The Kier molecular flexibility index (Phi) is 7.07. The highest BCUT2D eigenvalue weighted by molar-refractivity contribution is 6.35. The van der Waals surface area contributed by atoms with Gasteiger partial charge < -0.3 is 15.3 Å². The van der Waals surface area contributed by atoms with E-state index >= 15 is 0 Å². The number of nitro benzene ring substituents is 1. The van der Waals surface area contributed by atoms with Crippen molar-refractivity contribution >= 4 is 40.7 Å². The van der Waals surface area contributed by atoms with Crippen molar-refractivity contribution in [2.24, 2.45) is 10.9 Å². The maximum absolute atomic E-state index is 12.3. The fraction of sp³-hybridized carbons (Fsp3) is 0.0476. The first-order chi connectivity index (χ1) is 14.8. The van der Waals surface area contributed by atoms with Crippen LogP contribution in [0.15, 0.2) is 71.9 Å². The second-order valence-electron chi connectivity index (χ2n) is 6.22. The molecule has 0 aliphatic heterocycles. The lowest BCUT2D eigenvalue weighted by atomic mass is 10.1. The maximum Gasteiger partial charge on any atom is 0.365 e. The summed E-state index contributed by atoms with van der Waals surface area (Å²) < 4.78 is 5.66. The molecule has 3 aromatic rings. The van der Waals surface area contributed by atoms with Gasteiger partial charge in [-0.1, -0.05) is 40.5 Å². The number of ether oxygens (including phenoxy) is 1. The molecule has 0 spiro atoms. The quantitative estimate of drug-likeness (QED) is 0.175. The normalized spacial score (nSPS) is 11.1. The van der Waals surface area contributed by atoms with Gasteiger partial charge in [0.2, 0.25) is 0 Å². The summed E-state index contributed by atoms with van der Waals surface area (Å²) in [5.74, 6) is -0.365. The van der Waals surface area contributed by atoms with Gasteiger partial charge >= 0.3 is 5.97 Å². The minimum atomic E-state index is -0.726. The van der Waals surface area contributed by atoms with Crippen LogP contribution in [0, 0.1) is 10.1 Å². The van der Waals surface area contributed by atoms with Crippen molar-refractivity contribution in [3.8, 4) is 5.75 Å². The van der Waals surface area contributed by atoms with E-state index in [4.69, 9.17) is 38.5 Å². The number of hydrogen-bond acceptors (Lipinski definition) is 6. The molecular formula is C21H15Cl2N3O5. The van der Waals surface area contributed by atoms with E-state index in [1.807, 2.05) is 0 Å². The van der Waals surface area contributed by atoms with E-state index in [9.17, 15) is 14.9 Å². The zero-order valence-electron chi connectivity index (χ0n) is 15.8. The summed E-state index contributed by atoms with van der Waals surface area (Å²) in [4.78, 5) is 27.3. The highest BCUT2D eigenvalue weighted by Gasteiger charge is 2.11. The Hall–Kier alpha value is -3.62. The monoisotopic (exact) mass is 459 g/mol. The number of nitro groups is 1. The zero-order chi connectivity index (χ0) is 22.4. The van der Waals surface area contributed by atoms with Crippen molar-refractivity contribution in [1.29, 1.82) is 0 Å². The van der Waals surface area contributed by atoms with Gasteiger partial charge in [-0.3, -0.25) is 10.1 Å². The maximum atomic E-state index is 12.3. The number of non-ortho nitro benzene ring substituents is 1. The lowest BCUT2D eigenvalue weighted by molar-refractivity contribution is -0.384. The van der Waals surface area contributed by atoms with Crippen LogP contribution in [0.1, 0.15) is 21.5 Å². The van der Waals surface area contributed by atoms with Gasteiger partial charge in [0, 0.05) is 22.7 Å². The molecule has 0 fully saturated rings. The Morgan fingerprint density at radius 2 is 1.77 bits per heavy atom. The summed E-state index contributed by atoms with van der Waals surface area (Å²) >= 11 is 11.9. The third kappa shape index (κ3) is 5.94. The van der Waals surface area contributed by atoms with E-state index in [0.717, 1.165) is 0 Å². The predicted molar refractivity (Wildman–Crippen MR) is 116 cm³/mol. The second kappa shape index (κ2) is 9.92. The lowest BCUT2D eigenvalue weighted by Gasteiger charge is -2.09. The van der Waals surface area contributed by atoms with Crippen molar-refractivity contribution in [3.05, 3.63) is 104 Å². The minimum Gasteiger partial charge on any atom is -0.487 e. The van der Waals surface area contributed by atoms with Gasteiger partial charge in [-0.25, -0.2) is 4.79 Å². The van der Waals surface area contributed by atoms with E-state index in [1.165, 1.54) is 24.3 Å². The lowest BCUT2D eigenvalue weighted by Crippen LogP contribution is -2.15. The molecule has 0 saturated heterocycles. The fourth-order valence-electron chi connectivity index (χ4n) is 2.49. The first-order valence-electron chi connectivity index (χ1n) is 8.80. The van der Waals surface area contributed by atoms with Crippen LogP contribution in [0.2, 0.25) is 10.0 Å². The molecule has 158 valence electrons. The Balaban J connectivity index is 1.64. The molecule has 0 bridgehead atoms. The van der Waals surface area contributed by atoms with Gasteiger partial charge in [-0.15, -0.1) is 0 Å². The zero-order valence-corrected chi connectivity index (χ0v) is 17.3. The van der Waals surface area contributed by atoms with Crippen LogP contribution < -0.4 is 10.5 Å².